The van der Waals surface area contributed by atoms with Gasteiger partial charge in [-0.25, -0.2) is 18.3 Å². The minimum Gasteiger partial charge on any atom is -0.376 e. The second-order valence-electron chi connectivity index (χ2n) is 6.79. The molecule has 1 saturated carbocycles. The van der Waals surface area contributed by atoms with Gasteiger partial charge in [0.2, 0.25) is 0 Å². The second kappa shape index (κ2) is 6.33. The monoisotopic (exact) mass is 350 g/mol. The highest BCUT2D eigenvalue weighted by molar-refractivity contribution is 5.99. The van der Waals surface area contributed by atoms with E-state index >= 15 is 0 Å². The summed E-state index contributed by atoms with van der Waals surface area (Å²) in [5, 5.41) is 6.85. The second-order valence-corrected chi connectivity index (χ2v) is 6.79. The van der Waals surface area contributed by atoms with Gasteiger partial charge in [0, 0.05) is 18.2 Å². The SMILES string of the molecule is C[C@H](NC(=O)c1cnn2c(C(F)F)cc(C3CC3)nc12)[C@@H]1CCCO1. The Balaban J connectivity index is 1.65. The van der Waals surface area contributed by atoms with Crippen molar-refractivity contribution in [3.8, 4) is 0 Å². The quantitative estimate of drug-likeness (QED) is 0.900. The first kappa shape index (κ1) is 16.4. The lowest BCUT2D eigenvalue weighted by Gasteiger charge is -2.19. The van der Waals surface area contributed by atoms with Crippen LogP contribution in [0.2, 0.25) is 0 Å². The van der Waals surface area contributed by atoms with Crippen molar-refractivity contribution in [3.05, 3.63) is 29.2 Å². The Morgan fingerprint density at radius 1 is 1.40 bits per heavy atom. The molecule has 25 heavy (non-hydrogen) atoms. The summed E-state index contributed by atoms with van der Waals surface area (Å²) in [6.07, 6.45) is 2.38. The van der Waals surface area contributed by atoms with Crippen molar-refractivity contribution >= 4 is 11.6 Å². The van der Waals surface area contributed by atoms with Gasteiger partial charge in [0.05, 0.1) is 18.3 Å². The highest BCUT2D eigenvalue weighted by atomic mass is 19.3. The normalized spacial score (nSPS) is 21.8. The number of alkyl halides is 2. The highest BCUT2D eigenvalue weighted by Gasteiger charge is 2.30. The van der Waals surface area contributed by atoms with Crippen molar-refractivity contribution in [1.29, 1.82) is 0 Å². The number of hydrogen-bond acceptors (Lipinski definition) is 4. The van der Waals surface area contributed by atoms with Crippen molar-refractivity contribution in [2.24, 2.45) is 0 Å². The van der Waals surface area contributed by atoms with Crippen LogP contribution in [-0.2, 0) is 4.74 Å². The Morgan fingerprint density at radius 3 is 2.84 bits per heavy atom. The van der Waals surface area contributed by atoms with Crippen molar-refractivity contribution < 1.29 is 18.3 Å². The maximum absolute atomic E-state index is 13.4. The van der Waals surface area contributed by atoms with Gasteiger partial charge in [-0.2, -0.15) is 5.10 Å². The molecule has 134 valence electrons. The van der Waals surface area contributed by atoms with E-state index in [-0.39, 0.29) is 40.9 Å². The Kier molecular flexibility index (Phi) is 4.15. The molecule has 0 radical (unpaired) electrons. The topological polar surface area (TPSA) is 68.5 Å². The number of aromatic nitrogens is 3. The minimum atomic E-state index is -2.68. The Labute approximate surface area is 143 Å². The van der Waals surface area contributed by atoms with Crippen molar-refractivity contribution in [2.75, 3.05) is 6.61 Å². The summed E-state index contributed by atoms with van der Waals surface area (Å²) in [5.74, 6) is -0.155. The van der Waals surface area contributed by atoms with E-state index in [1.165, 1.54) is 12.3 Å². The van der Waals surface area contributed by atoms with Crippen LogP contribution in [-0.4, -0.2) is 39.3 Å². The molecule has 1 amide bonds. The summed E-state index contributed by atoms with van der Waals surface area (Å²) < 4.78 is 33.4. The van der Waals surface area contributed by atoms with E-state index in [0.29, 0.717) is 12.3 Å². The number of amides is 1. The Hall–Kier alpha value is -2.09. The van der Waals surface area contributed by atoms with E-state index in [1.54, 1.807) is 0 Å². The van der Waals surface area contributed by atoms with Crippen LogP contribution >= 0.6 is 0 Å². The van der Waals surface area contributed by atoms with E-state index < -0.39 is 6.43 Å². The maximum Gasteiger partial charge on any atom is 0.280 e. The Morgan fingerprint density at radius 2 is 2.20 bits per heavy atom. The number of hydrogen-bond donors (Lipinski definition) is 1. The lowest BCUT2D eigenvalue weighted by molar-refractivity contribution is 0.0713. The molecule has 1 aliphatic heterocycles. The predicted octanol–water partition coefficient (Wildman–Crippen LogP) is 2.84. The first-order chi connectivity index (χ1) is 12.0. The minimum absolute atomic E-state index is 0.0163. The third kappa shape index (κ3) is 3.10. The average molecular weight is 350 g/mol. The first-order valence-corrected chi connectivity index (χ1v) is 8.64. The van der Waals surface area contributed by atoms with Gasteiger partial charge in [0.25, 0.3) is 12.3 Å². The van der Waals surface area contributed by atoms with Crippen molar-refractivity contribution in [3.63, 3.8) is 0 Å². The zero-order chi connectivity index (χ0) is 17.6. The summed E-state index contributed by atoms with van der Waals surface area (Å²) >= 11 is 0. The third-order valence-corrected chi connectivity index (χ3v) is 4.86. The van der Waals surface area contributed by atoms with Gasteiger partial charge in [-0.1, -0.05) is 0 Å². The summed E-state index contributed by atoms with van der Waals surface area (Å²) in [6.45, 7) is 2.58. The fourth-order valence-electron chi connectivity index (χ4n) is 3.28. The number of ether oxygens (including phenoxy) is 1. The lowest BCUT2D eigenvalue weighted by Crippen LogP contribution is -2.40. The van der Waals surface area contributed by atoms with Crippen molar-refractivity contribution in [2.45, 2.75) is 57.1 Å². The number of nitrogens with one attached hydrogen (secondary N) is 1. The maximum atomic E-state index is 13.4. The van der Waals surface area contributed by atoms with Crippen LogP contribution in [0.5, 0.6) is 0 Å². The fraction of sp³-hybridized carbons (Fsp3) is 0.588. The first-order valence-electron chi connectivity index (χ1n) is 8.64. The largest absolute Gasteiger partial charge is 0.376 e. The smallest absolute Gasteiger partial charge is 0.280 e. The number of rotatable bonds is 5. The predicted molar refractivity (Wildman–Crippen MR) is 85.8 cm³/mol. The van der Waals surface area contributed by atoms with Gasteiger partial charge in [0.15, 0.2) is 5.65 Å². The molecule has 2 atom stereocenters. The van der Waals surface area contributed by atoms with E-state index in [9.17, 15) is 13.6 Å². The van der Waals surface area contributed by atoms with Gasteiger partial charge >= 0.3 is 0 Å². The van der Waals surface area contributed by atoms with Crippen LogP contribution in [0, 0.1) is 0 Å². The molecule has 3 heterocycles. The molecule has 0 aromatic carbocycles. The molecule has 2 aromatic rings. The molecule has 1 saturated heterocycles. The zero-order valence-electron chi connectivity index (χ0n) is 13.9. The van der Waals surface area contributed by atoms with Crippen LogP contribution in [0.4, 0.5) is 8.78 Å². The fourth-order valence-corrected chi connectivity index (χ4v) is 3.28. The van der Waals surface area contributed by atoms with Crippen LogP contribution in [0.15, 0.2) is 12.3 Å². The van der Waals surface area contributed by atoms with E-state index in [0.717, 1.165) is 30.2 Å². The van der Waals surface area contributed by atoms with Gasteiger partial charge in [-0.05, 0) is 38.7 Å². The molecule has 8 heteroatoms. The number of halogens is 2. The molecule has 0 bridgehead atoms. The summed E-state index contributed by atoms with van der Waals surface area (Å²) in [4.78, 5) is 17.1. The molecule has 4 rings (SSSR count). The van der Waals surface area contributed by atoms with Gasteiger partial charge in [-0.3, -0.25) is 4.79 Å². The molecule has 1 aliphatic carbocycles. The van der Waals surface area contributed by atoms with Crippen LogP contribution in [0.25, 0.3) is 5.65 Å². The molecule has 6 nitrogen and oxygen atoms in total. The van der Waals surface area contributed by atoms with E-state index in [1.807, 2.05) is 6.92 Å². The summed E-state index contributed by atoms with van der Waals surface area (Å²) in [5.41, 5.74) is 0.800. The standard InChI is InChI=1S/C17H20F2N4O2/c1-9(14-3-2-6-25-14)21-17(24)11-8-20-23-13(15(18)19)7-12(10-4-5-10)22-16(11)23/h7-10,14-15H,2-6H2,1H3,(H,21,24)/t9-,14-/m0/s1. The number of carbonyl (C=O) groups excluding carboxylic acids is 1. The molecule has 2 fully saturated rings. The molecular formula is C17H20F2N4O2. The number of fused-ring (bicyclic) bond motifs is 1. The average Bonchev–Trinajstić information content (AvgIpc) is 3.11. The Bertz CT molecular complexity index is 797. The molecular weight excluding hydrogens is 330 g/mol. The molecule has 0 spiro atoms. The number of carbonyl (C=O) groups is 1. The molecule has 0 unspecified atom stereocenters. The van der Waals surface area contributed by atoms with E-state index in [2.05, 4.69) is 15.4 Å². The van der Waals surface area contributed by atoms with Crippen LogP contribution < -0.4 is 5.32 Å². The van der Waals surface area contributed by atoms with Gasteiger partial charge in [-0.15, -0.1) is 0 Å². The lowest BCUT2D eigenvalue weighted by atomic mass is 10.1. The third-order valence-electron chi connectivity index (χ3n) is 4.86. The molecule has 2 aromatic heterocycles. The van der Waals surface area contributed by atoms with Crippen molar-refractivity contribution in [1.82, 2.24) is 19.9 Å². The summed E-state index contributed by atoms with van der Waals surface area (Å²) in [6, 6.07) is 1.24. The van der Waals surface area contributed by atoms with Crippen LogP contribution in [0.3, 0.4) is 0 Å². The molecule has 2 aliphatic rings. The van der Waals surface area contributed by atoms with Crippen LogP contribution in [0.1, 0.15) is 66.7 Å². The molecule has 1 N–H and O–H groups in total. The summed E-state index contributed by atoms with van der Waals surface area (Å²) in [7, 11) is 0. The van der Waals surface area contributed by atoms with Gasteiger partial charge in [0.1, 0.15) is 11.3 Å². The van der Waals surface area contributed by atoms with E-state index in [4.69, 9.17) is 4.74 Å². The van der Waals surface area contributed by atoms with Gasteiger partial charge < -0.3 is 10.1 Å². The highest BCUT2D eigenvalue weighted by Crippen LogP contribution is 2.40. The number of nitrogens with zero attached hydrogens (tertiary/aromatic N) is 3. The zero-order valence-corrected chi connectivity index (χ0v) is 13.9.